The molecule has 0 saturated carbocycles. The van der Waals surface area contributed by atoms with E-state index in [1.165, 1.54) is 12.8 Å². The van der Waals surface area contributed by atoms with Crippen molar-refractivity contribution in [3.63, 3.8) is 0 Å². The normalized spacial score (nSPS) is 13.0. The quantitative estimate of drug-likeness (QED) is 0.783. The molecule has 0 fully saturated rings. The Bertz CT molecular complexity index is 366. The zero-order valence-electron chi connectivity index (χ0n) is 12.5. The molecule has 18 heavy (non-hydrogen) atoms. The summed E-state index contributed by atoms with van der Waals surface area (Å²) in [5.74, 6) is 1.65. The number of nitrogen functional groups attached to an aromatic ring is 1. The Balaban J connectivity index is 2.83. The molecule has 0 aliphatic heterocycles. The smallest absolute Gasteiger partial charge is 0.147 e. The third kappa shape index (κ3) is 3.18. The van der Waals surface area contributed by atoms with Crippen LogP contribution in [0.4, 0.5) is 11.5 Å². The highest BCUT2D eigenvalue weighted by atomic mass is 15.3. The van der Waals surface area contributed by atoms with E-state index in [9.17, 15) is 0 Å². The number of hydrogen-bond donors (Lipinski definition) is 2. The summed E-state index contributed by atoms with van der Waals surface area (Å²) in [5.41, 5.74) is 8.01. The van der Waals surface area contributed by atoms with E-state index in [1.807, 2.05) is 11.7 Å². The van der Waals surface area contributed by atoms with Gasteiger partial charge in [-0.25, -0.2) is 0 Å². The summed E-state index contributed by atoms with van der Waals surface area (Å²) in [7, 11) is 1.96. The van der Waals surface area contributed by atoms with Gasteiger partial charge in [0.15, 0.2) is 0 Å². The largest absolute Gasteiger partial charge is 0.394 e. The molecular formula is C14H28N4. The molecule has 104 valence electrons. The molecule has 1 unspecified atom stereocenters. The molecule has 0 aliphatic rings. The van der Waals surface area contributed by atoms with Gasteiger partial charge in [0.2, 0.25) is 0 Å². The first-order valence-electron chi connectivity index (χ1n) is 7.12. The number of hydrogen-bond acceptors (Lipinski definition) is 3. The van der Waals surface area contributed by atoms with Crippen LogP contribution in [0, 0.1) is 5.92 Å². The molecule has 0 aliphatic carbocycles. The van der Waals surface area contributed by atoms with Crippen molar-refractivity contribution in [1.29, 1.82) is 0 Å². The van der Waals surface area contributed by atoms with E-state index in [0.29, 0.717) is 12.0 Å². The van der Waals surface area contributed by atoms with E-state index in [1.54, 1.807) is 0 Å². The number of anilines is 2. The Morgan fingerprint density at radius 2 is 1.89 bits per heavy atom. The first-order valence-corrected chi connectivity index (χ1v) is 7.12. The van der Waals surface area contributed by atoms with Crippen LogP contribution in [0.15, 0.2) is 0 Å². The van der Waals surface area contributed by atoms with Crippen molar-refractivity contribution in [2.45, 2.75) is 59.4 Å². The van der Waals surface area contributed by atoms with Crippen LogP contribution < -0.4 is 11.1 Å². The minimum Gasteiger partial charge on any atom is -0.394 e. The molecule has 1 aromatic rings. The fourth-order valence-electron chi connectivity index (χ4n) is 2.52. The highest BCUT2D eigenvalue weighted by Crippen LogP contribution is 2.26. The van der Waals surface area contributed by atoms with Crippen molar-refractivity contribution < 1.29 is 0 Å². The fourth-order valence-corrected chi connectivity index (χ4v) is 2.52. The van der Waals surface area contributed by atoms with Gasteiger partial charge in [-0.3, -0.25) is 4.68 Å². The summed E-state index contributed by atoms with van der Waals surface area (Å²) in [5, 5.41) is 8.03. The fraction of sp³-hybridized carbons (Fsp3) is 0.786. The summed E-state index contributed by atoms with van der Waals surface area (Å²) in [6.07, 6.45) is 4.39. The predicted octanol–water partition coefficient (Wildman–Crippen LogP) is 3.19. The lowest BCUT2D eigenvalue weighted by Crippen LogP contribution is -2.26. The summed E-state index contributed by atoms with van der Waals surface area (Å²) in [6.45, 7) is 8.85. The second-order valence-corrected chi connectivity index (χ2v) is 5.09. The first-order chi connectivity index (χ1) is 8.54. The van der Waals surface area contributed by atoms with E-state index in [-0.39, 0.29) is 0 Å². The Kier molecular flexibility index (Phi) is 5.51. The highest BCUT2D eigenvalue weighted by molar-refractivity contribution is 5.65. The first kappa shape index (κ1) is 14.9. The monoisotopic (exact) mass is 252 g/mol. The Labute approximate surface area is 111 Å². The van der Waals surface area contributed by atoms with Crippen molar-refractivity contribution >= 4 is 11.5 Å². The Morgan fingerprint density at radius 3 is 2.39 bits per heavy atom. The van der Waals surface area contributed by atoms with Crippen LogP contribution in [0.5, 0.6) is 0 Å². The maximum atomic E-state index is 6.18. The van der Waals surface area contributed by atoms with Crippen LogP contribution in [0.3, 0.4) is 0 Å². The standard InChI is InChI=1S/C14H28N4/c1-6-9-12-13(15)14(18(5)17-12)16-10(4)11(7-2)8-3/h10-11,16H,6-9,15H2,1-5H3. The molecule has 1 rings (SSSR count). The van der Waals surface area contributed by atoms with Crippen molar-refractivity contribution in [2.24, 2.45) is 13.0 Å². The van der Waals surface area contributed by atoms with Gasteiger partial charge in [0.05, 0.1) is 11.4 Å². The molecule has 4 heteroatoms. The zero-order valence-corrected chi connectivity index (χ0v) is 12.5. The van der Waals surface area contributed by atoms with E-state index in [4.69, 9.17) is 5.73 Å². The van der Waals surface area contributed by atoms with Crippen molar-refractivity contribution in [2.75, 3.05) is 11.1 Å². The number of nitrogens with zero attached hydrogens (tertiary/aromatic N) is 2. The Hall–Kier alpha value is -1.19. The lowest BCUT2D eigenvalue weighted by atomic mass is 9.95. The number of nitrogens with two attached hydrogens (primary N) is 1. The third-order valence-electron chi connectivity index (χ3n) is 3.77. The second-order valence-electron chi connectivity index (χ2n) is 5.09. The molecule has 0 bridgehead atoms. The Morgan fingerprint density at radius 1 is 1.28 bits per heavy atom. The van der Waals surface area contributed by atoms with E-state index in [2.05, 4.69) is 38.1 Å². The van der Waals surface area contributed by atoms with Crippen molar-refractivity contribution in [1.82, 2.24) is 9.78 Å². The molecule has 0 saturated heterocycles. The van der Waals surface area contributed by atoms with Crippen LogP contribution in [0.25, 0.3) is 0 Å². The van der Waals surface area contributed by atoms with Gasteiger partial charge in [-0.2, -0.15) is 5.10 Å². The molecule has 3 N–H and O–H groups in total. The van der Waals surface area contributed by atoms with Gasteiger partial charge < -0.3 is 11.1 Å². The lowest BCUT2D eigenvalue weighted by molar-refractivity contribution is 0.435. The van der Waals surface area contributed by atoms with Gasteiger partial charge in [-0.05, 0) is 19.3 Å². The van der Waals surface area contributed by atoms with Gasteiger partial charge in [0, 0.05) is 13.1 Å². The average molecular weight is 252 g/mol. The van der Waals surface area contributed by atoms with Gasteiger partial charge in [-0.15, -0.1) is 0 Å². The summed E-state index contributed by atoms with van der Waals surface area (Å²) in [6, 6.07) is 0.423. The number of nitrogens with one attached hydrogen (secondary N) is 1. The van der Waals surface area contributed by atoms with Gasteiger partial charge in [0.25, 0.3) is 0 Å². The summed E-state index contributed by atoms with van der Waals surface area (Å²) < 4.78 is 1.87. The van der Waals surface area contributed by atoms with Gasteiger partial charge in [0.1, 0.15) is 5.82 Å². The molecule has 1 atom stereocenters. The molecule has 4 nitrogen and oxygen atoms in total. The SMILES string of the molecule is CCCc1nn(C)c(NC(C)C(CC)CC)c1N. The summed E-state index contributed by atoms with van der Waals surface area (Å²) >= 11 is 0. The predicted molar refractivity (Wildman–Crippen MR) is 78.8 cm³/mol. The minimum absolute atomic E-state index is 0.423. The van der Waals surface area contributed by atoms with Crippen LogP contribution in [0.1, 0.15) is 52.7 Å². The van der Waals surface area contributed by atoms with Gasteiger partial charge >= 0.3 is 0 Å². The second kappa shape index (κ2) is 6.66. The number of rotatable bonds is 7. The number of aryl methyl sites for hydroxylation is 2. The van der Waals surface area contributed by atoms with E-state index >= 15 is 0 Å². The van der Waals surface area contributed by atoms with Crippen LogP contribution in [0.2, 0.25) is 0 Å². The molecule has 0 amide bonds. The van der Waals surface area contributed by atoms with E-state index < -0.39 is 0 Å². The molecule has 0 radical (unpaired) electrons. The third-order valence-corrected chi connectivity index (χ3v) is 3.77. The maximum absolute atomic E-state index is 6.18. The molecule has 0 aromatic carbocycles. The van der Waals surface area contributed by atoms with Crippen LogP contribution in [-0.2, 0) is 13.5 Å². The topological polar surface area (TPSA) is 55.9 Å². The minimum atomic E-state index is 0.423. The maximum Gasteiger partial charge on any atom is 0.147 e. The molecule has 0 spiro atoms. The van der Waals surface area contributed by atoms with Crippen molar-refractivity contribution in [3.05, 3.63) is 5.69 Å². The molecule has 1 aromatic heterocycles. The molecule has 1 heterocycles. The van der Waals surface area contributed by atoms with E-state index in [0.717, 1.165) is 30.0 Å². The lowest BCUT2D eigenvalue weighted by Gasteiger charge is -2.23. The average Bonchev–Trinajstić information content (AvgIpc) is 2.59. The van der Waals surface area contributed by atoms with Gasteiger partial charge in [-0.1, -0.05) is 40.0 Å². The zero-order chi connectivity index (χ0) is 13.7. The summed E-state index contributed by atoms with van der Waals surface area (Å²) in [4.78, 5) is 0. The number of aromatic nitrogens is 2. The van der Waals surface area contributed by atoms with Crippen LogP contribution >= 0.6 is 0 Å². The molecular weight excluding hydrogens is 224 g/mol. The highest BCUT2D eigenvalue weighted by Gasteiger charge is 2.18. The van der Waals surface area contributed by atoms with Crippen molar-refractivity contribution in [3.8, 4) is 0 Å². The van der Waals surface area contributed by atoms with Crippen LogP contribution in [-0.4, -0.2) is 15.8 Å².